The van der Waals surface area contributed by atoms with E-state index in [1.807, 2.05) is 19.9 Å². The molecule has 1 aliphatic heterocycles. The smallest absolute Gasteiger partial charge is 0.319 e. The highest BCUT2D eigenvalue weighted by Gasteiger charge is 2.39. The van der Waals surface area contributed by atoms with Crippen LogP contribution in [0.2, 0.25) is 0 Å². The van der Waals surface area contributed by atoms with Crippen LogP contribution in [0.25, 0.3) is 0 Å². The summed E-state index contributed by atoms with van der Waals surface area (Å²) in [5.41, 5.74) is 2.58. The molecule has 146 valence electrons. The van der Waals surface area contributed by atoms with Gasteiger partial charge in [-0.25, -0.2) is 19.2 Å². The molecule has 2 heterocycles. The van der Waals surface area contributed by atoms with Gasteiger partial charge in [0.1, 0.15) is 11.7 Å². The van der Waals surface area contributed by atoms with E-state index in [-0.39, 0.29) is 0 Å². The van der Waals surface area contributed by atoms with Crippen LogP contribution in [0.15, 0.2) is 46.6 Å². The summed E-state index contributed by atoms with van der Waals surface area (Å²) in [5, 5.41) is 7.49. The van der Waals surface area contributed by atoms with E-state index in [9.17, 15) is 14.0 Å². The quantitative estimate of drug-likeness (QED) is 0.464. The molecular formula is C19H19FN4O3S. The highest BCUT2D eigenvalue weighted by molar-refractivity contribution is 8.02. The van der Waals surface area contributed by atoms with Gasteiger partial charge in [-0.15, -0.1) is 0 Å². The van der Waals surface area contributed by atoms with Crippen molar-refractivity contribution in [2.24, 2.45) is 5.92 Å². The van der Waals surface area contributed by atoms with Crippen LogP contribution in [0.5, 0.6) is 0 Å². The summed E-state index contributed by atoms with van der Waals surface area (Å²) in [6.07, 6.45) is 0. The minimum atomic E-state index is -0.827. The molecule has 0 unspecified atom stereocenters. The van der Waals surface area contributed by atoms with Crippen molar-refractivity contribution in [2.45, 2.75) is 25.0 Å². The SMILES string of the molecule is COC(=O)[C@H]1/C(=C\Sc2nc(C)cc(C)n2)NC(=O)N[C@@H]1c1ccc(F)cc1. The van der Waals surface area contributed by atoms with Crippen molar-refractivity contribution in [3.63, 3.8) is 0 Å². The number of urea groups is 1. The van der Waals surface area contributed by atoms with E-state index in [2.05, 4.69) is 20.6 Å². The second-order valence-corrected chi connectivity index (χ2v) is 7.09. The molecule has 1 saturated heterocycles. The van der Waals surface area contributed by atoms with Crippen molar-refractivity contribution in [3.05, 3.63) is 64.2 Å². The largest absolute Gasteiger partial charge is 0.468 e. The number of aryl methyl sites for hydroxylation is 2. The minimum Gasteiger partial charge on any atom is -0.468 e. The Balaban J connectivity index is 1.96. The predicted octanol–water partition coefficient (Wildman–Crippen LogP) is 3.01. The van der Waals surface area contributed by atoms with E-state index in [0.29, 0.717) is 16.4 Å². The van der Waals surface area contributed by atoms with Crippen molar-refractivity contribution in [1.82, 2.24) is 20.6 Å². The van der Waals surface area contributed by atoms with E-state index in [1.54, 1.807) is 5.41 Å². The first-order chi connectivity index (χ1) is 13.4. The number of rotatable bonds is 4. The van der Waals surface area contributed by atoms with E-state index >= 15 is 0 Å². The summed E-state index contributed by atoms with van der Waals surface area (Å²) < 4.78 is 18.2. The molecule has 7 nitrogen and oxygen atoms in total. The maximum absolute atomic E-state index is 13.3. The van der Waals surface area contributed by atoms with Crippen LogP contribution < -0.4 is 10.6 Å². The van der Waals surface area contributed by atoms with Crippen molar-refractivity contribution in [2.75, 3.05) is 7.11 Å². The summed E-state index contributed by atoms with van der Waals surface area (Å²) in [6, 6.07) is 6.29. The van der Waals surface area contributed by atoms with Gasteiger partial charge in [-0.05, 0) is 43.0 Å². The Kier molecular flexibility index (Phi) is 5.93. The zero-order valence-electron chi connectivity index (χ0n) is 15.5. The number of thioether (sulfide) groups is 1. The Bertz CT molecular complexity index is 913. The molecular weight excluding hydrogens is 383 g/mol. The molecule has 9 heteroatoms. The average Bonchev–Trinajstić information content (AvgIpc) is 2.65. The molecule has 0 spiro atoms. The van der Waals surface area contributed by atoms with Gasteiger partial charge in [0, 0.05) is 17.1 Å². The zero-order chi connectivity index (χ0) is 20.3. The van der Waals surface area contributed by atoms with Crippen LogP contribution in [0.4, 0.5) is 9.18 Å². The fraction of sp³-hybridized carbons (Fsp3) is 0.263. The van der Waals surface area contributed by atoms with E-state index < -0.39 is 29.8 Å². The minimum absolute atomic E-state index is 0.359. The summed E-state index contributed by atoms with van der Waals surface area (Å²) >= 11 is 1.19. The molecule has 1 aromatic carbocycles. The lowest BCUT2D eigenvalue weighted by molar-refractivity contribution is -0.145. The van der Waals surface area contributed by atoms with Crippen LogP contribution in [0.1, 0.15) is 23.0 Å². The molecule has 2 aromatic rings. The van der Waals surface area contributed by atoms with Gasteiger partial charge >= 0.3 is 12.0 Å². The molecule has 2 N–H and O–H groups in total. The molecule has 2 amide bonds. The number of esters is 1. The fourth-order valence-corrected chi connectivity index (χ4v) is 3.78. The van der Waals surface area contributed by atoms with Crippen LogP contribution in [-0.2, 0) is 9.53 Å². The van der Waals surface area contributed by atoms with Crippen molar-refractivity contribution >= 4 is 23.8 Å². The van der Waals surface area contributed by atoms with Gasteiger partial charge in [0.05, 0.1) is 13.2 Å². The standard InChI is InChI=1S/C19H19FN4O3S/c1-10-8-11(2)22-19(21-10)28-9-14-15(17(25)27-3)16(24-18(26)23-14)12-4-6-13(20)7-5-12/h4-9,15-16H,1-3H3,(H2,23,24,26)/b14-9+/t15-,16+/m0/s1. The molecule has 0 bridgehead atoms. The van der Waals surface area contributed by atoms with E-state index in [0.717, 1.165) is 11.4 Å². The Hall–Kier alpha value is -2.94. The van der Waals surface area contributed by atoms with Crippen molar-refractivity contribution < 1.29 is 18.7 Å². The number of hydrogen-bond acceptors (Lipinski definition) is 6. The summed E-state index contributed by atoms with van der Waals surface area (Å²) in [7, 11) is 1.28. The van der Waals surface area contributed by atoms with E-state index in [1.165, 1.54) is 43.1 Å². The Morgan fingerprint density at radius 3 is 2.46 bits per heavy atom. The van der Waals surface area contributed by atoms with Gasteiger partial charge in [0.25, 0.3) is 0 Å². The van der Waals surface area contributed by atoms with Gasteiger partial charge in [0.15, 0.2) is 5.16 Å². The number of methoxy groups -OCH3 is 1. The van der Waals surface area contributed by atoms with E-state index in [4.69, 9.17) is 4.74 Å². The molecule has 1 aliphatic rings. The zero-order valence-corrected chi connectivity index (χ0v) is 16.3. The number of hydrogen-bond donors (Lipinski definition) is 2. The number of aromatic nitrogens is 2. The molecule has 2 atom stereocenters. The summed E-state index contributed by atoms with van der Waals surface area (Å²) in [5.74, 6) is -1.77. The number of carbonyl (C=O) groups is 2. The van der Waals surface area contributed by atoms with Crippen LogP contribution in [0.3, 0.4) is 0 Å². The second kappa shape index (κ2) is 8.39. The van der Waals surface area contributed by atoms with Crippen LogP contribution >= 0.6 is 11.8 Å². The third-order valence-electron chi connectivity index (χ3n) is 4.15. The molecule has 0 saturated carbocycles. The van der Waals surface area contributed by atoms with Crippen molar-refractivity contribution in [1.29, 1.82) is 0 Å². The molecule has 3 rings (SSSR count). The number of nitrogens with zero attached hydrogens (tertiary/aromatic N) is 2. The maximum Gasteiger partial charge on any atom is 0.319 e. The van der Waals surface area contributed by atoms with Gasteiger partial charge in [-0.1, -0.05) is 23.9 Å². The van der Waals surface area contributed by atoms with Crippen molar-refractivity contribution in [3.8, 4) is 0 Å². The predicted molar refractivity (Wildman–Crippen MR) is 102 cm³/mol. The van der Waals surface area contributed by atoms with Gasteiger partial charge in [0.2, 0.25) is 0 Å². The topological polar surface area (TPSA) is 93.2 Å². The normalized spacial score (nSPS) is 20.4. The number of benzene rings is 1. The summed E-state index contributed by atoms with van der Waals surface area (Å²) in [6.45, 7) is 3.72. The molecule has 0 radical (unpaired) electrons. The Labute approximate surface area is 165 Å². The third-order valence-corrected chi connectivity index (χ3v) is 4.92. The fourth-order valence-electron chi connectivity index (χ4n) is 2.95. The lowest BCUT2D eigenvalue weighted by Gasteiger charge is -2.33. The number of nitrogens with one attached hydrogen (secondary N) is 2. The first-order valence-electron chi connectivity index (χ1n) is 8.47. The number of halogens is 1. The Morgan fingerprint density at radius 2 is 1.86 bits per heavy atom. The molecule has 0 aliphatic carbocycles. The van der Waals surface area contributed by atoms with Crippen LogP contribution in [-0.4, -0.2) is 29.1 Å². The highest BCUT2D eigenvalue weighted by Crippen LogP contribution is 2.33. The number of carbonyl (C=O) groups excluding carboxylic acids is 2. The highest BCUT2D eigenvalue weighted by atomic mass is 32.2. The van der Waals surface area contributed by atoms with Crippen LogP contribution in [0, 0.1) is 25.6 Å². The van der Waals surface area contributed by atoms with Gasteiger partial charge < -0.3 is 15.4 Å². The molecule has 1 fully saturated rings. The maximum atomic E-state index is 13.3. The monoisotopic (exact) mass is 402 g/mol. The number of ether oxygens (including phenoxy) is 1. The third kappa shape index (κ3) is 4.48. The summed E-state index contributed by atoms with van der Waals surface area (Å²) in [4.78, 5) is 33.3. The first-order valence-corrected chi connectivity index (χ1v) is 9.35. The molecule has 28 heavy (non-hydrogen) atoms. The number of amides is 2. The van der Waals surface area contributed by atoms with Gasteiger partial charge in [-0.2, -0.15) is 0 Å². The first kappa shape index (κ1) is 19.8. The lowest BCUT2D eigenvalue weighted by atomic mass is 9.89. The second-order valence-electron chi connectivity index (χ2n) is 6.25. The van der Waals surface area contributed by atoms with Gasteiger partial charge in [-0.3, -0.25) is 4.79 Å². The Morgan fingerprint density at radius 1 is 1.21 bits per heavy atom. The molecule has 1 aromatic heterocycles. The average molecular weight is 402 g/mol. The lowest BCUT2D eigenvalue weighted by Crippen LogP contribution is -2.51.